The van der Waals surface area contributed by atoms with E-state index in [9.17, 15) is 13.6 Å². The van der Waals surface area contributed by atoms with Gasteiger partial charge in [0, 0.05) is 32.2 Å². The zero-order valence-corrected chi connectivity index (χ0v) is 14.7. The minimum absolute atomic E-state index is 0.503. The van der Waals surface area contributed by atoms with Gasteiger partial charge in [-0.3, -0.25) is 4.79 Å². The first-order valence-electron chi connectivity index (χ1n) is 8.31. The molecule has 2 aromatic heterocycles. The number of alkyl halides is 2. The molecular weight excluding hydrogens is 360 g/mol. The molecule has 1 aromatic carbocycles. The molecule has 0 N–H and O–H groups in total. The zero-order chi connectivity index (χ0) is 18.1. The highest BCUT2D eigenvalue weighted by Crippen LogP contribution is 2.29. The summed E-state index contributed by atoms with van der Waals surface area (Å²) in [6.07, 6.45) is -1.11. The zero-order valence-electron chi connectivity index (χ0n) is 13.9. The van der Waals surface area contributed by atoms with Crippen molar-refractivity contribution < 1.29 is 8.78 Å². The van der Waals surface area contributed by atoms with E-state index in [1.54, 1.807) is 11.3 Å². The third-order valence-electron chi connectivity index (χ3n) is 4.36. The second-order valence-electron chi connectivity index (χ2n) is 6.06. The van der Waals surface area contributed by atoms with Gasteiger partial charge in [-0.2, -0.15) is 5.10 Å². The van der Waals surface area contributed by atoms with E-state index < -0.39 is 18.5 Å². The Morgan fingerprint density at radius 1 is 1.12 bits per heavy atom. The van der Waals surface area contributed by atoms with Crippen molar-refractivity contribution in [1.29, 1.82) is 0 Å². The number of halogens is 2. The minimum atomic E-state index is -2.59. The summed E-state index contributed by atoms with van der Waals surface area (Å²) in [7, 11) is 0. The molecule has 1 aliphatic rings. The van der Waals surface area contributed by atoms with Crippen LogP contribution in [0.15, 0.2) is 41.3 Å². The van der Waals surface area contributed by atoms with Gasteiger partial charge in [-0.15, -0.1) is 0 Å². The molecule has 3 heterocycles. The van der Waals surface area contributed by atoms with Crippen LogP contribution in [-0.2, 0) is 6.54 Å². The number of piperazine rings is 1. The van der Waals surface area contributed by atoms with Gasteiger partial charge in [-0.05, 0) is 12.1 Å². The summed E-state index contributed by atoms with van der Waals surface area (Å²) in [5.41, 5.74) is 1.17. The Morgan fingerprint density at radius 2 is 1.85 bits per heavy atom. The van der Waals surface area contributed by atoms with Crippen molar-refractivity contribution in [2.45, 2.75) is 13.0 Å². The van der Waals surface area contributed by atoms with Crippen molar-refractivity contribution in [3.05, 3.63) is 46.9 Å². The van der Waals surface area contributed by atoms with Crippen LogP contribution < -0.4 is 15.4 Å². The van der Waals surface area contributed by atoms with E-state index in [4.69, 9.17) is 0 Å². The molecule has 1 fully saturated rings. The van der Waals surface area contributed by atoms with Crippen LogP contribution in [0.5, 0.6) is 0 Å². The second kappa shape index (κ2) is 6.99. The molecule has 26 heavy (non-hydrogen) atoms. The minimum Gasteiger partial charge on any atom is -0.367 e. The number of anilines is 2. The Bertz CT molecular complexity index is 932. The first kappa shape index (κ1) is 16.9. The van der Waals surface area contributed by atoms with E-state index in [-0.39, 0.29) is 0 Å². The number of rotatable bonds is 4. The van der Waals surface area contributed by atoms with Gasteiger partial charge in [0.2, 0.25) is 0 Å². The van der Waals surface area contributed by atoms with Crippen molar-refractivity contribution in [2.75, 3.05) is 36.0 Å². The highest BCUT2D eigenvalue weighted by molar-refractivity contribution is 7.22. The lowest BCUT2D eigenvalue weighted by Crippen LogP contribution is -2.47. The standard InChI is InChI=1S/C17H17F2N5OS/c18-15(19)11-24-16(25)9-12(10-20-24)22-5-7-23(8-6-22)17-21-13-3-1-2-4-14(13)26-17/h1-4,9-10,15H,5-8,11H2. The molecule has 6 nitrogen and oxygen atoms in total. The van der Waals surface area contributed by atoms with Crippen LogP contribution in [0.25, 0.3) is 10.2 Å². The Labute approximate surface area is 152 Å². The first-order chi connectivity index (χ1) is 12.6. The highest BCUT2D eigenvalue weighted by Gasteiger charge is 2.21. The number of para-hydroxylation sites is 1. The monoisotopic (exact) mass is 377 g/mol. The van der Waals surface area contributed by atoms with Gasteiger partial charge in [0.25, 0.3) is 12.0 Å². The van der Waals surface area contributed by atoms with Gasteiger partial charge in [-0.1, -0.05) is 23.5 Å². The van der Waals surface area contributed by atoms with Gasteiger partial charge in [0.05, 0.1) is 22.1 Å². The maximum Gasteiger partial charge on any atom is 0.269 e. The number of fused-ring (bicyclic) bond motifs is 1. The molecule has 0 saturated carbocycles. The lowest BCUT2D eigenvalue weighted by atomic mass is 10.3. The van der Waals surface area contributed by atoms with E-state index in [1.165, 1.54) is 12.3 Å². The van der Waals surface area contributed by atoms with Crippen LogP contribution in [-0.4, -0.2) is 47.4 Å². The number of thiazole rings is 1. The maximum atomic E-state index is 12.4. The van der Waals surface area contributed by atoms with Gasteiger partial charge in [-0.25, -0.2) is 18.4 Å². The Hall–Kier alpha value is -2.55. The maximum absolute atomic E-state index is 12.4. The molecule has 1 saturated heterocycles. The van der Waals surface area contributed by atoms with Gasteiger partial charge < -0.3 is 9.80 Å². The van der Waals surface area contributed by atoms with Gasteiger partial charge in [0.1, 0.15) is 6.54 Å². The Kier molecular flexibility index (Phi) is 4.54. The lowest BCUT2D eigenvalue weighted by molar-refractivity contribution is 0.119. The quantitative estimate of drug-likeness (QED) is 0.699. The molecule has 0 amide bonds. The summed E-state index contributed by atoms with van der Waals surface area (Å²) < 4.78 is 26.8. The molecular formula is C17H17F2N5OS. The van der Waals surface area contributed by atoms with Gasteiger partial charge >= 0.3 is 0 Å². The molecule has 0 atom stereocenters. The fourth-order valence-corrected chi connectivity index (χ4v) is 4.03. The smallest absolute Gasteiger partial charge is 0.269 e. The molecule has 0 bridgehead atoms. The number of aromatic nitrogens is 3. The van der Waals surface area contributed by atoms with Crippen molar-refractivity contribution >= 4 is 32.4 Å². The van der Waals surface area contributed by atoms with Crippen LogP contribution in [0, 0.1) is 0 Å². The summed E-state index contributed by atoms with van der Waals surface area (Å²) in [4.78, 5) is 20.9. The van der Waals surface area contributed by atoms with Crippen molar-refractivity contribution in [1.82, 2.24) is 14.8 Å². The van der Waals surface area contributed by atoms with Crippen molar-refractivity contribution in [2.24, 2.45) is 0 Å². The molecule has 136 valence electrons. The Balaban J connectivity index is 1.44. The summed E-state index contributed by atoms with van der Waals surface area (Å²) in [6, 6.07) is 9.43. The third-order valence-corrected chi connectivity index (χ3v) is 5.46. The molecule has 1 aliphatic heterocycles. The van der Waals surface area contributed by atoms with E-state index in [1.807, 2.05) is 23.1 Å². The number of hydrogen-bond acceptors (Lipinski definition) is 6. The molecule has 4 rings (SSSR count). The summed E-state index contributed by atoms with van der Waals surface area (Å²) in [6.45, 7) is 2.32. The second-order valence-corrected chi connectivity index (χ2v) is 7.07. The van der Waals surface area contributed by atoms with Crippen LogP contribution in [0.2, 0.25) is 0 Å². The van der Waals surface area contributed by atoms with Gasteiger partial charge in [0.15, 0.2) is 5.13 Å². The molecule has 0 unspecified atom stereocenters. The number of hydrogen-bond donors (Lipinski definition) is 0. The third kappa shape index (κ3) is 3.39. The van der Waals surface area contributed by atoms with E-state index >= 15 is 0 Å². The van der Waals surface area contributed by atoms with E-state index in [0.717, 1.165) is 46.2 Å². The predicted octanol–water partition coefficient (Wildman–Crippen LogP) is 2.44. The topological polar surface area (TPSA) is 54.3 Å². The first-order valence-corrected chi connectivity index (χ1v) is 9.12. The average Bonchev–Trinajstić information content (AvgIpc) is 3.07. The summed E-state index contributed by atoms with van der Waals surface area (Å²) >= 11 is 1.67. The number of nitrogens with zero attached hydrogens (tertiary/aromatic N) is 5. The van der Waals surface area contributed by atoms with E-state index in [2.05, 4.69) is 21.0 Å². The molecule has 3 aromatic rings. The molecule has 9 heteroatoms. The average molecular weight is 377 g/mol. The van der Waals surface area contributed by atoms with Crippen molar-refractivity contribution in [3.63, 3.8) is 0 Å². The highest BCUT2D eigenvalue weighted by atomic mass is 32.1. The fraction of sp³-hybridized carbons (Fsp3) is 0.353. The van der Waals surface area contributed by atoms with Crippen LogP contribution in [0.4, 0.5) is 19.6 Å². The van der Waals surface area contributed by atoms with E-state index in [0.29, 0.717) is 5.69 Å². The van der Waals surface area contributed by atoms with Crippen LogP contribution >= 0.6 is 11.3 Å². The predicted molar refractivity (Wildman–Crippen MR) is 98.5 cm³/mol. The Morgan fingerprint density at radius 3 is 2.54 bits per heavy atom. The van der Waals surface area contributed by atoms with Crippen LogP contribution in [0.1, 0.15) is 0 Å². The molecule has 0 radical (unpaired) electrons. The van der Waals surface area contributed by atoms with Crippen molar-refractivity contribution in [3.8, 4) is 0 Å². The summed E-state index contributed by atoms with van der Waals surface area (Å²) in [5.74, 6) is 0. The largest absolute Gasteiger partial charge is 0.367 e. The molecule has 0 aliphatic carbocycles. The fourth-order valence-electron chi connectivity index (χ4n) is 3.02. The summed E-state index contributed by atoms with van der Waals surface area (Å²) in [5, 5.41) is 4.85. The number of benzene rings is 1. The van der Waals surface area contributed by atoms with Crippen LogP contribution in [0.3, 0.4) is 0 Å². The SMILES string of the molecule is O=c1cc(N2CCN(c3nc4ccccc4s3)CC2)cnn1CC(F)F. The molecule has 0 spiro atoms. The lowest BCUT2D eigenvalue weighted by Gasteiger charge is -2.35. The normalized spacial score (nSPS) is 15.2.